The normalized spacial score (nSPS) is 11.6. The Labute approximate surface area is 73.0 Å². The summed E-state index contributed by atoms with van der Waals surface area (Å²) in [5, 5.41) is 0. The molecule has 2 N–H and O–H groups in total. The first kappa shape index (κ1) is 11.4. The molecule has 0 saturated heterocycles. The summed E-state index contributed by atoms with van der Waals surface area (Å²) in [5.41, 5.74) is 4.55. The van der Waals surface area contributed by atoms with Crippen LogP contribution in [0, 0.1) is 0 Å². The number of carbonyl (C=O) groups excluding carboxylic acids is 1. The van der Waals surface area contributed by atoms with E-state index >= 15 is 0 Å². The molecule has 0 aromatic carbocycles. The SMILES string of the molecule is COCCOC(C)(C)CC(N)=O. The molecule has 0 unspecified atom stereocenters. The maximum absolute atomic E-state index is 10.6. The van der Waals surface area contributed by atoms with Gasteiger partial charge in [-0.25, -0.2) is 0 Å². The Morgan fingerprint density at radius 3 is 2.42 bits per heavy atom. The molecule has 4 nitrogen and oxygen atoms in total. The summed E-state index contributed by atoms with van der Waals surface area (Å²) < 4.78 is 10.2. The number of rotatable bonds is 6. The van der Waals surface area contributed by atoms with Crippen LogP contribution in [0.4, 0.5) is 0 Å². The van der Waals surface area contributed by atoms with E-state index in [1.54, 1.807) is 7.11 Å². The van der Waals surface area contributed by atoms with Crippen LogP contribution in [0.1, 0.15) is 20.3 Å². The fourth-order valence-corrected chi connectivity index (χ4v) is 0.872. The van der Waals surface area contributed by atoms with Crippen LogP contribution >= 0.6 is 0 Å². The van der Waals surface area contributed by atoms with Gasteiger partial charge in [0.05, 0.1) is 25.2 Å². The van der Waals surface area contributed by atoms with Gasteiger partial charge in [-0.05, 0) is 13.8 Å². The van der Waals surface area contributed by atoms with E-state index in [1.165, 1.54) is 0 Å². The first-order valence-electron chi connectivity index (χ1n) is 3.89. The molecule has 0 spiro atoms. The molecule has 0 aromatic heterocycles. The van der Waals surface area contributed by atoms with Gasteiger partial charge in [0, 0.05) is 7.11 Å². The van der Waals surface area contributed by atoms with Crippen molar-refractivity contribution in [3.63, 3.8) is 0 Å². The molecule has 0 rings (SSSR count). The fraction of sp³-hybridized carbons (Fsp3) is 0.875. The molecule has 0 fully saturated rings. The van der Waals surface area contributed by atoms with Gasteiger partial charge in [0.1, 0.15) is 0 Å². The minimum atomic E-state index is -0.482. The number of hydrogen-bond donors (Lipinski definition) is 1. The lowest BCUT2D eigenvalue weighted by Crippen LogP contribution is -2.32. The summed E-state index contributed by atoms with van der Waals surface area (Å²) >= 11 is 0. The summed E-state index contributed by atoms with van der Waals surface area (Å²) in [5.74, 6) is -0.350. The second-order valence-corrected chi connectivity index (χ2v) is 3.24. The first-order valence-corrected chi connectivity index (χ1v) is 3.89. The number of hydrogen-bond acceptors (Lipinski definition) is 3. The number of methoxy groups -OCH3 is 1. The van der Waals surface area contributed by atoms with E-state index in [0.29, 0.717) is 13.2 Å². The standard InChI is InChI=1S/C8H17NO3/c1-8(2,6-7(9)10)12-5-4-11-3/h4-6H2,1-3H3,(H2,9,10). The second-order valence-electron chi connectivity index (χ2n) is 3.24. The summed E-state index contributed by atoms with van der Waals surface area (Å²) in [4.78, 5) is 10.6. The Balaban J connectivity index is 3.63. The predicted octanol–water partition coefficient (Wildman–Crippen LogP) is 0.303. The third-order valence-electron chi connectivity index (χ3n) is 1.38. The zero-order valence-corrected chi connectivity index (χ0v) is 7.92. The van der Waals surface area contributed by atoms with E-state index in [4.69, 9.17) is 15.2 Å². The largest absolute Gasteiger partial charge is 0.382 e. The minimum Gasteiger partial charge on any atom is -0.382 e. The molecule has 4 heteroatoms. The highest BCUT2D eigenvalue weighted by Gasteiger charge is 2.20. The highest BCUT2D eigenvalue weighted by molar-refractivity contribution is 5.74. The maximum Gasteiger partial charge on any atom is 0.220 e. The molecule has 0 atom stereocenters. The number of carbonyl (C=O) groups is 1. The third kappa shape index (κ3) is 6.12. The van der Waals surface area contributed by atoms with Gasteiger partial charge in [0.2, 0.25) is 5.91 Å². The van der Waals surface area contributed by atoms with E-state index in [1.807, 2.05) is 13.8 Å². The van der Waals surface area contributed by atoms with E-state index in [0.717, 1.165) is 0 Å². The maximum atomic E-state index is 10.6. The Bertz CT molecular complexity index is 145. The summed E-state index contributed by atoms with van der Waals surface area (Å²) in [6.45, 7) is 4.67. The van der Waals surface area contributed by atoms with Crippen LogP contribution in [0.25, 0.3) is 0 Å². The third-order valence-corrected chi connectivity index (χ3v) is 1.38. The van der Waals surface area contributed by atoms with Crippen molar-refractivity contribution in [3.05, 3.63) is 0 Å². The van der Waals surface area contributed by atoms with Crippen LogP contribution in [0.5, 0.6) is 0 Å². The van der Waals surface area contributed by atoms with Crippen molar-refractivity contribution in [1.29, 1.82) is 0 Å². The van der Waals surface area contributed by atoms with Crippen LogP contribution in [0.2, 0.25) is 0 Å². The topological polar surface area (TPSA) is 61.6 Å². The van der Waals surface area contributed by atoms with Crippen molar-refractivity contribution in [2.45, 2.75) is 25.9 Å². The molecular weight excluding hydrogens is 158 g/mol. The highest BCUT2D eigenvalue weighted by Crippen LogP contribution is 2.12. The molecule has 0 aliphatic heterocycles. The van der Waals surface area contributed by atoms with Crippen molar-refractivity contribution < 1.29 is 14.3 Å². The Morgan fingerprint density at radius 1 is 1.42 bits per heavy atom. The molecule has 72 valence electrons. The van der Waals surface area contributed by atoms with Gasteiger partial charge >= 0.3 is 0 Å². The Kier molecular flexibility index (Phi) is 4.85. The number of nitrogens with two attached hydrogens (primary N) is 1. The van der Waals surface area contributed by atoms with Crippen LogP contribution in [0.15, 0.2) is 0 Å². The quantitative estimate of drug-likeness (QED) is 0.591. The Hall–Kier alpha value is -0.610. The molecule has 1 amide bonds. The van der Waals surface area contributed by atoms with E-state index < -0.39 is 5.60 Å². The fourth-order valence-electron chi connectivity index (χ4n) is 0.872. The van der Waals surface area contributed by atoms with Gasteiger partial charge in [-0.3, -0.25) is 4.79 Å². The zero-order valence-electron chi connectivity index (χ0n) is 7.92. The van der Waals surface area contributed by atoms with Crippen molar-refractivity contribution in [1.82, 2.24) is 0 Å². The molecule has 0 heterocycles. The van der Waals surface area contributed by atoms with Crippen LogP contribution in [-0.4, -0.2) is 31.8 Å². The molecule has 0 saturated carbocycles. The minimum absolute atomic E-state index is 0.233. The molecule has 0 bridgehead atoms. The van der Waals surface area contributed by atoms with E-state index in [9.17, 15) is 4.79 Å². The summed E-state index contributed by atoms with van der Waals surface area (Å²) in [6, 6.07) is 0. The highest BCUT2D eigenvalue weighted by atomic mass is 16.5. The lowest BCUT2D eigenvalue weighted by atomic mass is 10.1. The number of ether oxygens (including phenoxy) is 2. The molecular formula is C8H17NO3. The van der Waals surface area contributed by atoms with Crippen molar-refractivity contribution in [2.75, 3.05) is 20.3 Å². The Morgan fingerprint density at radius 2 is 2.00 bits per heavy atom. The lowest BCUT2D eigenvalue weighted by Gasteiger charge is -2.23. The molecule has 0 radical (unpaired) electrons. The molecule has 0 aromatic rings. The van der Waals surface area contributed by atoms with Crippen LogP contribution in [-0.2, 0) is 14.3 Å². The van der Waals surface area contributed by atoms with Gasteiger partial charge in [-0.15, -0.1) is 0 Å². The lowest BCUT2D eigenvalue weighted by molar-refractivity contribution is -0.125. The smallest absolute Gasteiger partial charge is 0.220 e. The number of primary amides is 1. The molecule has 0 aliphatic rings. The molecule has 0 aliphatic carbocycles. The van der Waals surface area contributed by atoms with Gasteiger partial charge in [-0.1, -0.05) is 0 Å². The summed E-state index contributed by atoms with van der Waals surface area (Å²) in [7, 11) is 1.60. The van der Waals surface area contributed by atoms with Crippen molar-refractivity contribution >= 4 is 5.91 Å². The zero-order chi connectivity index (χ0) is 9.61. The van der Waals surface area contributed by atoms with Crippen LogP contribution < -0.4 is 5.73 Å². The van der Waals surface area contributed by atoms with Gasteiger partial charge in [0.15, 0.2) is 0 Å². The number of amides is 1. The van der Waals surface area contributed by atoms with Crippen molar-refractivity contribution in [3.8, 4) is 0 Å². The average Bonchev–Trinajstić information content (AvgIpc) is 1.84. The predicted molar refractivity (Wildman–Crippen MR) is 45.7 cm³/mol. The first-order chi connectivity index (χ1) is 5.48. The van der Waals surface area contributed by atoms with Gasteiger partial charge < -0.3 is 15.2 Å². The molecule has 12 heavy (non-hydrogen) atoms. The van der Waals surface area contributed by atoms with E-state index in [2.05, 4.69) is 0 Å². The van der Waals surface area contributed by atoms with Gasteiger partial charge in [-0.2, -0.15) is 0 Å². The van der Waals surface area contributed by atoms with E-state index in [-0.39, 0.29) is 12.3 Å². The van der Waals surface area contributed by atoms with Crippen LogP contribution in [0.3, 0.4) is 0 Å². The summed E-state index contributed by atoms with van der Waals surface area (Å²) in [6.07, 6.45) is 0.233. The van der Waals surface area contributed by atoms with Gasteiger partial charge in [0.25, 0.3) is 0 Å². The average molecular weight is 175 g/mol. The monoisotopic (exact) mass is 175 g/mol. The van der Waals surface area contributed by atoms with Crippen molar-refractivity contribution in [2.24, 2.45) is 5.73 Å². The second kappa shape index (κ2) is 5.11.